The van der Waals surface area contributed by atoms with Crippen LogP contribution in [0.2, 0.25) is 0 Å². The first-order chi connectivity index (χ1) is 11.1. The third-order valence-corrected chi connectivity index (χ3v) is 3.93. The van der Waals surface area contributed by atoms with Crippen LogP contribution in [0.15, 0.2) is 42.9 Å². The van der Waals surface area contributed by atoms with Crippen molar-refractivity contribution in [2.75, 3.05) is 0 Å². The van der Waals surface area contributed by atoms with Crippen LogP contribution in [0, 0.1) is 0 Å². The molecule has 0 atom stereocenters. The molecule has 0 amide bonds. The smallest absolute Gasteiger partial charge is 0.256 e. The molecule has 0 radical (unpaired) electrons. The van der Waals surface area contributed by atoms with Crippen LogP contribution in [0.3, 0.4) is 0 Å². The lowest BCUT2D eigenvalue weighted by molar-refractivity contribution is -0.645. The van der Waals surface area contributed by atoms with Gasteiger partial charge in [0.05, 0.1) is 28.5 Å². The molecule has 5 rings (SSSR count). The normalized spacial score (nSPS) is 15.9. The van der Waals surface area contributed by atoms with Crippen molar-refractivity contribution in [2.24, 2.45) is 6.98 Å². The van der Waals surface area contributed by atoms with E-state index in [1.165, 1.54) is 4.57 Å². The van der Waals surface area contributed by atoms with Crippen LogP contribution in [-0.2, 0) is 13.5 Å². The quantitative estimate of drug-likeness (QED) is 0.398. The molecule has 0 saturated carbocycles. The molecule has 20 heavy (non-hydrogen) atoms. The number of aryl methyl sites for hydroxylation is 1. The van der Waals surface area contributed by atoms with Crippen LogP contribution >= 0.6 is 0 Å². The highest BCUT2D eigenvalue weighted by Crippen LogP contribution is 2.31. The number of aromatic nitrogens is 5. The van der Waals surface area contributed by atoms with Gasteiger partial charge >= 0.3 is 0 Å². The SMILES string of the molecule is [2H]C([2H])([2H])n1c2[n+](c3c1cn1ncccc31)Cc1ncccc1-2. The fourth-order valence-corrected chi connectivity index (χ4v) is 3.10. The fourth-order valence-electron chi connectivity index (χ4n) is 3.10. The molecule has 0 aromatic carbocycles. The van der Waals surface area contributed by atoms with Crippen LogP contribution < -0.4 is 4.57 Å². The summed E-state index contributed by atoms with van der Waals surface area (Å²) in [4.78, 5) is 4.40. The molecule has 0 bridgehead atoms. The number of fused-ring (bicyclic) bond motifs is 7. The summed E-state index contributed by atoms with van der Waals surface area (Å²) in [6, 6.07) is 7.57. The minimum Gasteiger partial charge on any atom is -0.256 e. The first-order valence-electron chi connectivity index (χ1n) is 7.91. The Morgan fingerprint density at radius 2 is 2.20 bits per heavy atom. The molecule has 0 spiro atoms. The van der Waals surface area contributed by atoms with E-state index in [2.05, 4.69) is 10.1 Å². The minimum atomic E-state index is -2.28. The van der Waals surface area contributed by atoms with Crippen LogP contribution in [0.5, 0.6) is 0 Å². The van der Waals surface area contributed by atoms with E-state index in [1.807, 2.05) is 28.8 Å². The Labute approximate surface area is 118 Å². The molecule has 0 unspecified atom stereocenters. The number of hydrogen-bond acceptors (Lipinski definition) is 2. The van der Waals surface area contributed by atoms with Crippen molar-refractivity contribution in [3.05, 3.63) is 48.5 Å². The number of pyridine rings is 1. The average molecular weight is 265 g/mol. The molecule has 1 aliphatic rings. The maximum Gasteiger partial charge on any atom is 0.292 e. The molecule has 4 aromatic rings. The van der Waals surface area contributed by atoms with Crippen LogP contribution in [0.4, 0.5) is 0 Å². The van der Waals surface area contributed by atoms with Gasteiger partial charge in [-0.1, -0.05) is 0 Å². The molecule has 5 heteroatoms. The van der Waals surface area contributed by atoms with Crippen molar-refractivity contribution in [2.45, 2.75) is 6.54 Å². The molecule has 0 aliphatic carbocycles. The van der Waals surface area contributed by atoms with E-state index >= 15 is 0 Å². The predicted octanol–water partition coefficient (Wildman–Crippen LogP) is 1.54. The van der Waals surface area contributed by atoms with E-state index in [0.717, 1.165) is 22.3 Å². The fraction of sp³-hybridized carbons (Fsp3) is 0.133. The third kappa shape index (κ3) is 1.02. The van der Waals surface area contributed by atoms with Crippen LogP contribution in [0.1, 0.15) is 9.81 Å². The minimum absolute atomic E-state index is 0.569. The molecule has 96 valence electrons. The van der Waals surface area contributed by atoms with Crippen molar-refractivity contribution >= 4 is 16.6 Å². The monoisotopic (exact) mass is 265 g/mol. The van der Waals surface area contributed by atoms with Gasteiger partial charge in [-0.15, -0.1) is 0 Å². The van der Waals surface area contributed by atoms with E-state index in [9.17, 15) is 0 Å². The summed E-state index contributed by atoms with van der Waals surface area (Å²) in [6.45, 7) is -1.71. The van der Waals surface area contributed by atoms with E-state index < -0.39 is 6.98 Å². The second kappa shape index (κ2) is 3.25. The third-order valence-electron chi connectivity index (χ3n) is 3.93. The van der Waals surface area contributed by atoms with Gasteiger partial charge in [-0.25, -0.2) is 13.6 Å². The van der Waals surface area contributed by atoms with Crippen molar-refractivity contribution in [3.8, 4) is 11.4 Å². The van der Waals surface area contributed by atoms with Crippen LogP contribution in [0.25, 0.3) is 27.9 Å². The van der Waals surface area contributed by atoms with Gasteiger partial charge in [0.15, 0.2) is 5.52 Å². The summed E-state index contributed by atoms with van der Waals surface area (Å²) in [5.74, 6) is 0.685. The Bertz CT molecular complexity index is 1090. The van der Waals surface area contributed by atoms with Gasteiger partial charge in [0.25, 0.3) is 5.82 Å². The highest BCUT2D eigenvalue weighted by molar-refractivity contribution is 5.91. The molecule has 4 aromatic heterocycles. The Hall–Kier alpha value is -2.69. The van der Waals surface area contributed by atoms with E-state index in [1.54, 1.807) is 23.1 Å². The van der Waals surface area contributed by atoms with E-state index in [0.29, 0.717) is 17.9 Å². The standard InChI is InChI=1S/C15H12N5/c1-18-13-9-20-12(5-3-7-17-20)14(13)19-8-11-10(15(18)19)4-2-6-16-11/h2-7,9H,8H2,1H3/q+1/i1D3. The zero-order valence-electron chi connectivity index (χ0n) is 13.5. The maximum atomic E-state index is 7.99. The zero-order chi connectivity index (χ0) is 15.8. The Balaban J connectivity index is 2.01. The highest BCUT2D eigenvalue weighted by Gasteiger charge is 2.35. The van der Waals surface area contributed by atoms with Crippen molar-refractivity contribution in [3.63, 3.8) is 0 Å². The van der Waals surface area contributed by atoms with Gasteiger partial charge in [0.2, 0.25) is 5.52 Å². The Morgan fingerprint density at radius 3 is 3.15 bits per heavy atom. The molecule has 0 fully saturated rings. The number of imidazole rings is 1. The molecule has 5 nitrogen and oxygen atoms in total. The molecular weight excluding hydrogens is 250 g/mol. The van der Waals surface area contributed by atoms with Gasteiger partial charge in [0, 0.05) is 12.4 Å². The second-order valence-corrected chi connectivity index (χ2v) is 4.96. The molecule has 5 heterocycles. The summed E-state index contributed by atoms with van der Waals surface area (Å²) in [5, 5.41) is 4.28. The highest BCUT2D eigenvalue weighted by atomic mass is 15.3. The first-order valence-corrected chi connectivity index (χ1v) is 6.41. The largest absolute Gasteiger partial charge is 0.292 e. The summed E-state index contributed by atoms with van der Waals surface area (Å²) in [6.07, 6.45) is 5.20. The van der Waals surface area contributed by atoms with Crippen molar-refractivity contribution < 1.29 is 8.68 Å². The summed E-state index contributed by atoms with van der Waals surface area (Å²) < 4.78 is 29.1. The summed E-state index contributed by atoms with van der Waals surface area (Å²) >= 11 is 0. The lowest BCUT2D eigenvalue weighted by atomic mass is 10.2. The van der Waals surface area contributed by atoms with Crippen LogP contribution in [-0.4, -0.2) is 19.2 Å². The number of hydrogen-bond donors (Lipinski definition) is 0. The van der Waals surface area contributed by atoms with Gasteiger partial charge in [-0.2, -0.15) is 5.10 Å². The zero-order valence-corrected chi connectivity index (χ0v) is 10.5. The molecule has 0 N–H and O–H groups in total. The van der Waals surface area contributed by atoms with Gasteiger partial charge in [-0.05, 0) is 24.3 Å². The summed E-state index contributed by atoms with van der Waals surface area (Å²) in [5.41, 5.74) is 4.20. The van der Waals surface area contributed by atoms with Crippen molar-refractivity contribution in [1.29, 1.82) is 0 Å². The molecule has 0 saturated heterocycles. The molecule has 1 aliphatic heterocycles. The Morgan fingerprint density at radius 1 is 1.25 bits per heavy atom. The Kier molecular flexibility index (Phi) is 1.27. The summed E-state index contributed by atoms with van der Waals surface area (Å²) in [7, 11) is 0. The van der Waals surface area contributed by atoms with Gasteiger partial charge < -0.3 is 0 Å². The lowest BCUT2D eigenvalue weighted by Gasteiger charge is -1.94. The topological polar surface area (TPSA) is 39.0 Å². The second-order valence-electron chi connectivity index (χ2n) is 4.96. The number of rotatable bonds is 0. The predicted molar refractivity (Wildman–Crippen MR) is 74.2 cm³/mol. The molecular formula is C15H12N5+. The van der Waals surface area contributed by atoms with Gasteiger partial charge in [0.1, 0.15) is 12.1 Å². The van der Waals surface area contributed by atoms with E-state index in [4.69, 9.17) is 4.11 Å². The number of nitrogens with zero attached hydrogens (tertiary/aromatic N) is 5. The van der Waals surface area contributed by atoms with E-state index in [-0.39, 0.29) is 0 Å². The maximum absolute atomic E-state index is 7.99. The van der Waals surface area contributed by atoms with Crippen molar-refractivity contribution in [1.82, 2.24) is 19.2 Å². The van der Waals surface area contributed by atoms with Gasteiger partial charge in [-0.3, -0.25) is 4.98 Å². The first kappa shape index (κ1) is 7.79. The average Bonchev–Trinajstić information content (AvgIpc) is 3.12. The lowest BCUT2D eigenvalue weighted by Crippen LogP contribution is -2.31.